The molecule has 0 fully saturated rings. The molecule has 0 aliphatic carbocycles. The number of hydrogen-bond acceptors (Lipinski definition) is 5. The molecule has 0 amide bonds. The van der Waals surface area contributed by atoms with Crippen molar-refractivity contribution in [3.63, 3.8) is 0 Å². The summed E-state index contributed by atoms with van der Waals surface area (Å²) in [6.45, 7) is 0. The van der Waals surface area contributed by atoms with E-state index in [1.807, 2.05) is 30.3 Å². The Morgan fingerprint density at radius 2 is 2.00 bits per heavy atom. The molecular weight excluding hydrogens is 300 g/mol. The Morgan fingerprint density at radius 3 is 2.76 bits per heavy atom. The van der Waals surface area contributed by atoms with Crippen molar-refractivity contribution < 1.29 is 4.74 Å². The molecule has 0 radical (unpaired) electrons. The van der Waals surface area contributed by atoms with Crippen molar-refractivity contribution in [3.8, 4) is 5.75 Å². The fourth-order valence-electron chi connectivity index (χ4n) is 2.03. The van der Waals surface area contributed by atoms with Gasteiger partial charge in [-0.3, -0.25) is 0 Å². The lowest BCUT2D eigenvalue weighted by molar-refractivity contribution is 0.414. The van der Waals surface area contributed by atoms with Gasteiger partial charge in [0.2, 0.25) is 0 Å². The third-order valence-corrected chi connectivity index (χ3v) is 5.33. The lowest BCUT2D eigenvalue weighted by Crippen LogP contribution is -1.89. The summed E-state index contributed by atoms with van der Waals surface area (Å²) in [6.07, 6.45) is 1.02. The van der Waals surface area contributed by atoms with Crippen molar-refractivity contribution in [1.82, 2.24) is 4.98 Å². The van der Waals surface area contributed by atoms with Crippen molar-refractivity contribution in [2.24, 2.45) is 0 Å². The maximum absolute atomic E-state index is 5.79. The molecule has 0 aliphatic heterocycles. The van der Waals surface area contributed by atoms with Gasteiger partial charge in [-0.25, -0.2) is 4.98 Å². The topological polar surface area (TPSA) is 48.1 Å². The predicted molar refractivity (Wildman–Crippen MR) is 91.5 cm³/mol. The number of rotatable bonds is 5. The van der Waals surface area contributed by atoms with E-state index in [1.54, 1.807) is 30.2 Å². The fourth-order valence-corrected chi connectivity index (χ4v) is 4.21. The Hall–Kier alpha value is -1.72. The highest BCUT2D eigenvalue weighted by molar-refractivity contribution is 8.01. The van der Waals surface area contributed by atoms with E-state index in [1.165, 1.54) is 5.56 Å². The summed E-state index contributed by atoms with van der Waals surface area (Å²) in [5.41, 5.74) is 8.93. The van der Waals surface area contributed by atoms with Gasteiger partial charge in [0, 0.05) is 11.4 Å². The average molecular weight is 316 g/mol. The van der Waals surface area contributed by atoms with E-state index >= 15 is 0 Å². The van der Waals surface area contributed by atoms with Crippen LogP contribution in [0.25, 0.3) is 10.2 Å². The number of aromatic nitrogens is 1. The van der Waals surface area contributed by atoms with Crippen LogP contribution in [0, 0.1) is 0 Å². The van der Waals surface area contributed by atoms with Crippen LogP contribution >= 0.6 is 23.1 Å². The smallest absolute Gasteiger partial charge is 0.151 e. The molecule has 0 atom stereocenters. The zero-order valence-electron chi connectivity index (χ0n) is 11.7. The van der Waals surface area contributed by atoms with Gasteiger partial charge in [-0.2, -0.15) is 0 Å². The SMILES string of the molecule is COc1ccc(CCSc2nc3ccc(N)cc3s2)cc1. The number of nitrogens with zero attached hydrogens (tertiary/aromatic N) is 1. The minimum atomic E-state index is 0.793. The summed E-state index contributed by atoms with van der Waals surface area (Å²) in [6, 6.07) is 14.1. The molecular formula is C16H16N2OS2. The molecule has 0 spiro atoms. The number of benzene rings is 2. The number of anilines is 1. The number of nitrogen functional groups attached to an aromatic ring is 1. The van der Waals surface area contributed by atoms with Crippen LogP contribution in [0.1, 0.15) is 5.56 Å². The summed E-state index contributed by atoms with van der Waals surface area (Å²) in [4.78, 5) is 4.62. The third kappa shape index (κ3) is 3.49. The molecule has 1 aromatic heterocycles. The number of thiazole rings is 1. The van der Waals surface area contributed by atoms with Gasteiger partial charge >= 0.3 is 0 Å². The number of methoxy groups -OCH3 is 1. The first-order valence-electron chi connectivity index (χ1n) is 6.66. The maximum Gasteiger partial charge on any atom is 0.151 e. The van der Waals surface area contributed by atoms with Crippen molar-refractivity contribution in [1.29, 1.82) is 0 Å². The number of thioether (sulfide) groups is 1. The average Bonchev–Trinajstić information content (AvgIpc) is 2.89. The minimum absolute atomic E-state index is 0.793. The maximum atomic E-state index is 5.79. The number of fused-ring (bicyclic) bond motifs is 1. The van der Waals surface area contributed by atoms with Gasteiger partial charge < -0.3 is 10.5 Å². The first-order valence-corrected chi connectivity index (χ1v) is 8.46. The Kier molecular flexibility index (Phi) is 4.31. The molecule has 2 N–H and O–H groups in total. The second-order valence-electron chi connectivity index (χ2n) is 4.65. The second kappa shape index (κ2) is 6.37. The first kappa shape index (κ1) is 14.2. The Balaban J connectivity index is 1.60. The number of nitrogens with two attached hydrogens (primary N) is 1. The molecule has 0 unspecified atom stereocenters. The van der Waals surface area contributed by atoms with Gasteiger partial charge in [-0.15, -0.1) is 11.3 Å². The lowest BCUT2D eigenvalue weighted by atomic mass is 10.2. The van der Waals surface area contributed by atoms with Crippen LogP contribution in [0.3, 0.4) is 0 Å². The lowest BCUT2D eigenvalue weighted by Gasteiger charge is -2.02. The van der Waals surface area contributed by atoms with Crippen LogP contribution in [0.15, 0.2) is 46.8 Å². The zero-order chi connectivity index (χ0) is 14.7. The minimum Gasteiger partial charge on any atom is -0.497 e. The van der Waals surface area contributed by atoms with Crippen LogP contribution in [-0.2, 0) is 6.42 Å². The van der Waals surface area contributed by atoms with Crippen LogP contribution < -0.4 is 10.5 Å². The number of ether oxygens (including phenoxy) is 1. The van der Waals surface area contributed by atoms with Crippen molar-refractivity contribution in [3.05, 3.63) is 48.0 Å². The molecule has 0 saturated carbocycles. The number of hydrogen-bond donors (Lipinski definition) is 1. The predicted octanol–water partition coefficient (Wildman–Crippen LogP) is 4.22. The largest absolute Gasteiger partial charge is 0.497 e. The molecule has 2 aromatic carbocycles. The molecule has 21 heavy (non-hydrogen) atoms. The standard InChI is InChI=1S/C16H16N2OS2/c1-19-13-5-2-11(3-6-13)8-9-20-16-18-14-7-4-12(17)10-15(14)21-16/h2-7,10H,8-9,17H2,1H3. The summed E-state index contributed by atoms with van der Waals surface area (Å²) in [5, 5.41) is 0. The number of aryl methyl sites for hydroxylation is 1. The van der Waals surface area contributed by atoms with Gasteiger partial charge in [0.15, 0.2) is 4.34 Å². The quantitative estimate of drug-likeness (QED) is 0.565. The highest BCUT2D eigenvalue weighted by atomic mass is 32.2. The van der Waals surface area contributed by atoms with Crippen LogP contribution in [0.5, 0.6) is 5.75 Å². The van der Waals surface area contributed by atoms with E-state index in [-0.39, 0.29) is 0 Å². The van der Waals surface area contributed by atoms with Crippen molar-refractivity contribution >= 4 is 39.0 Å². The van der Waals surface area contributed by atoms with Crippen molar-refractivity contribution in [2.75, 3.05) is 18.6 Å². The summed E-state index contributed by atoms with van der Waals surface area (Å²) >= 11 is 3.50. The van der Waals surface area contributed by atoms with E-state index in [9.17, 15) is 0 Å². The Bertz CT molecular complexity index is 738. The van der Waals surface area contributed by atoms with Crippen molar-refractivity contribution in [2.45, 2.75) is 10.8 Å². The third-order valence-electron chi connectivity index (χ3n) is 3.17. The summed E-state index contributed by atoms with van der Waals surface area (Å²) in [7, 11) is 1.69. The Labute approximate surface area is 132 Å². The molecule has 5 heteroatoms. The summed E-state index contributed by atoms with van der Waals surface area (Å²) in [5.74, 6) is 1.91. The van der Waals surface area contributed by atoms with Gasteiger partial charge in [0.05, 0.1) is 17.3 Å². The molecule has 3 aromatic rings. The molecule has 3 nitrogen and oxygen atoms in total. The van der Waals surface area contributed by atoms with E-state index in [0.717, 1.165) is 38.2 Å². The summed E-state index contributed by atoms with van der Waals surface area (Å²) < 4.78 is 7.42. The van der Waals surface area contributed by atoms with E-state index < -0.39 is 0 Å². The molecule has 0 bridgehead atoms. The normalized spacial score (nSPS) is 10.9. The van der Waals surface area contributed by atoms with Gasteiger partial charge in [-0.05, 0) is 42.3 Å². The van der Waals surface area contributed by atoms with E-state index in [0.29, 0.717) is 0 Å². The second-order valence-corrected chi connectivity index (χ2v) is 7.03. The van der Waals surface area contributed by atoms with Gasteiger partial charge in [0.1, 0.15) is 5.75 Å². The van der Waals surface area contributed by atoms with Gasteiger partial charge in [-0.1, -0.05) is 23.9 Å². The highest BCUT2D eigenvalue weighted by Gasteiger charge is 2.05. The van der Waals surface area contributed by atoms with Crippen LogP contribution in [-0.4, -0.2) is 17.8 Å². The van der Waals surface area contributed by atoms with E-state index in [4.69, 9.17) is 10.5 Å². The molecule has 1 heterocycles. The van der Waals surface area contributed by atoms with Gasteiger partial charge in [0.25, 0.3) is 0 Å². The monoisotopic (exact) mass is 316 g/mol. The zero-order valence-corrected chi connectivity index (χ0v) is 13.3. The highest BCUT2D eigenvalue weighted by Crippen LogP contribution is 2.31. The van der Waals surface area contributed by atoms with Crippen LogP contribution in [0.4, 0.5) is 5.69 Å². The molecule has 108 valence electrons. The Morgan fingerprint density at radius 1 is 1.19 bits per heavy atom. The fraction of sp³-hybridized carbons (Fsp3) is 0.188. The van der Waals surface area contributed by atoms with Crippen LogP contribution in [0.2, 0.25) is 0 Å². The molecule has 0 aliphatic rings. The molecule has 0 saturated heterocycles. The van der Waals surface area contributed by atoms with E-state index in [2.05, 4.69) is 17.1 Å². The molecule has 3 rings (SSSR count). The first-order chi connectivity index (χ1) is 10.2.